The minimum atomic E-state index is -0.183. The highest BCUT2D eigenvalue weighted by atomic mass is 79.9. The van der Waals surface area contributed by atoms with Gasteiger partial charge >= 0.3 is 0 Å². The fourth-order valence-electron chi connectivity index (χ4n) is 0.990. The van der Waals surface area contributed by atoms with Crippen LogP contribution in [0, 0.1) is 0 Å². The van der Waals surface area contributed by atoms with Crippen molar-refractivity contribution in [2.24, 2.45) is 5.73 Å². The Labute approximate surface area is 100 Å². The predicted molar refractivity (Wildman–Crippen MR) is 63.4 cm³/mol. The van der Waals surface area contributed by atoms with E-state index in [4.69, 9.17) is 5.73 Å². The molecule has 1 aromatic carbocycles. The summed E-state index contributed by atoms with van der Waals surface area (Å²) in [5.74, 6) is 0.208. The highest BCUT2D eigenvalue weighted by Gasteiger charge is 2.12. The Morgan fingerprint density at radius 2 is 1.77 bits per heavy atom. The van der Waals surface area contributed by atoms with Crippen molar-refractivity contribution in [2.75, 3.05) is 0 Å². The number of halogens is 3. The summed E-state index contributed by atoms with van der Waals surface area (Å²) in [6, 6.07) is 3.44. The zero-order chi connectivity index (χ0) is 9.30. The molecule has 2 nitrogen and oxygen atoms in total. The van der Waals surface area contributed by atoms with E-state index in [1.165, 1.54) is 0 Å². The molecule has 0 spiro atoms. The second-order valence-electron chi connectivity index (χ2n) is 2.58. The number of hydrogen-bond donors (Lipinski definition) is 2. The Hall–Kier alpha value is 0.230. The third-order valence-corrected chi connectivity index (χ3v) is 2.90. The normalized spacial score (nSPS) is 12.0. The molecule has 0 radical (unpaired) electrons. The smallest absolute Gasteiger partial charge is 0.135 e. The number of phenolic OH excluding ortho intramolecular Hbond substituents is 1. The van der Waals surface area contributed by atoms with Crippen molar-refractivity contribution in [3.05, 3.63) is 26.6 Å². The minimum absolute atomic E-state index is 0. The van der Waals surface area contributed by atoms with Gasteiger partial charge in [-0.3, -0.25) is 0 Å². The Morgan fingerprint density at radius 1 is 1.31 bits per heavy atom. The first kappa shape index (κ1) is 13.2. The van der Waals surface area contributed by atoms with Crippen LogP contribution in [0.15, 0.2) is 21.1 Å². The van der Waals surface area contributed by atoms with Gasteiger partial charge in [0.25, 0.3) is 0 Å². The molecule has 0 aliphatic carbocycles. The first-order chi connectivity index (χ1) is 5.54. The molecular weight excluding hydrogens is 321 g/mol. The van der Waals surface area contributed by atoms with Gasteiger partial charge in [0.15, 0.2) is 0 Å². The van der Waals surface area contributed by atoms with Crippen LogP contribution in [0.3, 0.4) is 0 Å². The maximum atomic E-state index is 9.59. The fraction of sp³-hybridized carbons (Fsp3) is 0.250. The summed E-state index contributed by atoms with van der Waals surface area (Å²) in [6.45, 7) is 1.83. The molecule has 5 heteroatoms. The van der Waals surface area contributed by atoms with E-state index in [2.05, 4.69) is 31.9 Å². The third kappa shape index (κ3) is 2.84. The molecule has 0 amide bonds. The lowest BCUT2D eigenvalue weighted by atomic mass is 10.1. The zero-order valence-corrected chi connectivity index (χ0v) is 10.9. The molecule has 0 aromatic heterocycles. The van der Waals surface area contributed by atoms with E-state index >= 15 is 0 Å². The highest BCUT2D eigenvalue weighted by Crippen LogP contribution is 2.36. The number of nitrogens with two attached hydrogens (primary N) is 1. The number of aromatic hydroxyl groups is 1. The summed E-state index contributed by atoms with van der Waals surface area (Å²) in [7, 11) is 0. The fourth-order valence-corrected chi connectivity index (χ4v) is 2.02. The molecule has 74 valence electrons. The van der Waals surface area contributed by atoms with Crippen molar-refractivity contribution in [1.29, 1.82) is 0 Å². The molecule has 1 aromatic rings. The van der Waals surface area contributed by atoms with Gasteiger partial charge in [-0.1, -0.05) is 15.9 Å². The summed E-state index contributed by atoms with van der Waals surface area (Å²) in [5, 5.41) is 9.59. The van der Waals surface area contributed by atoms with Crippen LogP contribution in [0.2, 0.25) is 0 Å². The monoisotopic (exact) mass is 329 g/mol. The third-order valence-electron chi connectivity index (χ3n) is 1.57. The number of benzene rings is 1. The lowest BCUT2D eigenvalue weighted by Gasteiger charge is -2.11. The molecule has 0 heterocycles. The van der Waals surface area contributed by atoms with E-state index in [0.29, 0.717) is 4.47 Å². The van der Waals surface area contributed by atoms with E-state index in [9.17, 15) is 5.11 Å². The summed E-state index contributed by atoms with van der Waals surface area (Å²) in [4.78, 5) is 0. The van der Waals surface area contributed by atoms with Gasteiger partial charge in [-0.2, -0.15) is 0 Å². The van der Waals surface area contributed by atoms with Gasteiger partial charge in [0.2, 0.25) is 0 Å². The van der Waals surface area contributed by atoms with Gasteiger partial charge in [0.05, 0.1) is 4.47 Å². The van der Waals surface area contributed by atoms with Crippen LogP contribution in [0.1, 0.15) is 18.5 Å². The van der Waals surface area contributed by atoms with Crippen molar-refractivity contribution in [3.8, 4) is 5.75 Å². The second-order valence-corrected chi connectivity index (χ2v) is 4.29. The molecule has 0 bridgehead atoms. The Balaban J connectivity index is 0.00000144. The van der Waals surface area contributed by atoms with Crippen LogP contribution in [-0.4, -0.2) is 5.11 Å². The lowest BCUT2D eigenvalue weighted by molar-refractivity contribution is 0.459. The van der Waals surface area contributed by atoms with Crippen LogP contribution in [0.5, 0.6) is 5.75 Å². The Morgan fingerprint density at radius 3 is 2.15 bits per heavy atom. The van der Waals surface area contributed by atoms with Crippen molar-refractivity contribution in [2.45, 2.75) is 13.0 Å². The average molecular weight is 331 g/mol. The topological polar surface area (TPSA) is 46.2 Å². The predicted octanol–water partition coefficient (Wildman–Crippen LogP) is 3.36. The van der Waals surface area contributed by atoms with Gasteiger partial charge in [0.1, 0.15) is 5.75 Å². The maximum absolute atomic E-state index is 9.59. The van der Waals surface area contributed by atoms with Gasteiger partial charge in [-0.25, -0.2) is 0 Å². The van der Waals surface area contributed by atoms with Crippen LogP contribution in [0.4, 0.5) is 0 Å². The van der Waals surface area contributed by atoms with E-state index in [1.54, 1.807) is 6.07 Å². The van der Waals surface area contributed by atoms with E-state index < -0.39 is 0 Å². The summed E-state index contributed by atoms with van der Waals surface area (Å²) in [5.41, 5.74) is 6.40. The molecule has 0 saturated heterocycles. The standard InChI is InChI=1S/C8H9Br2NO.ClH/c1-4(11)7-5(9)2-3-6(10)8(7)12;/h2-4,12H,11H2,1H3;1H/t4-;/m0./s1. The molecule has 0 aliphatic rings. The van der Waals surface area contributed by atoms with Crippen LogP contribution in [-0.2, 0) is 0 Å². The minimum Gasteiger partial charge on any atom is -0.506 e. The second kappa shape index (κ2) is 5.20. The van der Waals surface area contributed by atoms with Gasteiger partial charge < -0.3 is 10.8 Å². The first-order valence-corrected chi connectivity index (χ1v) is 5.05. The van der Waals surface area contributed by atoms with Crippen molar-refractivity contribution in [3.63, 3.8) is 0 Å². The highest BCUT2D eigenvalue weighted by molar-refractivity contribution is 9.11. The van der Waals surface area contributed by atoms with E-state index in [1.807, 2.05) is 13.0 Å². The largest absolute Gasteiger partial charge is 0.506 e. The van der Waals surface area contributed by atoms with Crippen LogP contribution in [0.25, 0.3) is 0 Å². The van der Waals surface area contributed by atoms with Gasteiger partial charge in [-0.15, -0.1) is 12.4 Å². The maximum Gasteiger partial charge on any atom is 0.135 e. The first-order valence-electron chi connectivity index (χ1n) is 3.46. The molecule has 0 fully saturated rings. The Bertz CT molecular complexity index is 304. The lowest BCUT2D eigenvalue weighted by Crippen LogP contribution is -2.06. The van der Waals surface area contributed by atoms with Crippen LogP contribution < -0.4 is 5.73 Å². The summed E-state index contributed by atoms with van der Waals surface area (Å²) >= 11 is 6.54. The van der Waals surface area contributed by atoms with Crippen molar-refractivity contribution >= 4 is 44.3 Å². The molecule has 0 aliphatic heterocycles. The molecule has 3 N–H and O–H groups in total. The quantitative estimate of drug-likeness (QED) is 0.829. The molecule has 1 rings (SSSR count). The van der Waals surface area contributed by atoms with Gasteiger partial charge in [-0.05, 0) is 35.0 Å². The molecule has 0 unspecified atom stereocenters. The van der Waals surface area contributed by atoms with Gasteiger partial charge in [0, 0.05) is 16.1 Å². The van der Waals surface area contributed by atoms with E-state index in [0.717, 1.165) is 10.0 Å². The van der Waals surface area contributed by atoms with Crippen LogP contribution >= 0.6 is 44.3 Å². The number of rotatable bonds is 1. The molecule has 0 saturated carbocycles. The summed E-state index contributed by atoms with van der Waals surface area (Å²) in [6.07, 6.45) is 0. The summed E-state index contributed by atoms with van der Waals surface area (Å²) < 4.78 is 1.50. The van der Waals surface area contributed by atoms with Crippen molar-refractivity contribution < 1.29 is 5.11 Å². The number of phenols is 1. The SMILES string of the molecule is C[C@H](N)c1c(Br)ccc(Br)c1O.Cl. The zero-order valence-electron chi connectivity index (χ0n) is 6.92. The average Bonchev–Trinajstić information content (AvgIpc) is 1.97. The Kier molecular flexibility index (Phi) is 5.29. The number of hydrogen-bond acceptors (Lipinski definition) is 2. The molecule has 13 heavy (non-hydrogen) atoms. The van der Waals surface area contributed by atoms with E-state index in [-0.39, 0.29) is 24.2 Å². The van der Waals surface area contributed by atoms with Crippen molar-refractivity contribution in [1.82, 2.24) is 0 Å². The molecule has 1 atom stereocenters. The molecular formula is C8H10Br2ClNO.